The summed E-state index contributed by atoms with van der Waals surface area (Å²) in [5.74, 6) is 0.890. The molecule has 0 spiro atoms. The average molecular weight is 534 g/mol. The van der Waals surface area contributed by atoms with Crippen LogP contribution in [0.15, 0.2) is 42.5 Å². The van der Waals surface area contributed by atoms with Gasteiger partial charge in [-0.3, -0.25) is 9.59 Å². The molecule has 204 valence electrons. The van der Waals surface area contributed by atoms with Crippen molar-refractivity contribution in [3.8, 4) is 17.5 Å². The summed E-state index contributed by atoms with van der Waals surface area (Å²) in [5, 5.41) is 21.7. The lowest BCUT2D eigenvalue weighted by molar-refractivity contribution is -0.120. The van der Waals surface area contributed by atoms with Crippen LogP contribution in [0.5, 0.6) is 17.5 Å². The number of anilines is 3. The van der Waals surface area contributed by atoms with E-state index in [0.29, 0.717) is 49.7 Å². The average Bonchev–Trinajstić information content (AvgIpc) is 3.33. The normalized spacial score (nSPS) is 17.8. The Morgan fingerprint density at radius 2 is 1.69 bits per heavy atom. The Hall–Kier alpha value is -4.61. The number of nitrogens with zero attached hydrogens (tertiary/aromatic N) is 3. The highest BCUT2D eigenvalue weighted by atomic mass is 16.5. The molecule has 2 amide bonds. The molecule has 39 heavy (non-hydrogen) atoms. The monoisotopic (exact) mass is 533 g/mol. The number of amides is 2. The molecule has 0 radical (unpaired) electrons. The Morgan fingerprint density at radius 3 is 2.46 bits per heavy atom. The number of benzene rings is 2. The van der Waals surface area contributed by atoms with Gasteiger partial charge in [-0.15, -0.1) is 0 Å². The van der Waals surface area contributed by atoms with Gasteiger partial charge in [0.2, 0.25) is 17.8 Å². The van der Waals surface area contributed by atoms with E-state index in [0.717, 1.165) is 37.0 Å². The van der Waals surface area contributed by atoms with E-state index in [2.05, 4.69) is 36.2 Å². The van der Waals surface area contributed by atoms with Crippen LogP contribution >= 0.6 is 0 Å². The number of rotatable bonds is 2. The predicted molar refractivity (Wildman–Crippen MR) is 143 cm³/mol. The molecule has 3 aliphatic heterocycles. The summed E-state index contributed by atoms with van der Waals surface area (Å²) in [7, 11) is 0. The van der Waals surface area contributed by atoms with Crippen LogP contribution in [0.2, 0.25) is 0 Å². The Bertz CT molecular complexity index is 1320. The molecule has 1 unspecified atom stereocenters. The van der Waals surface area contributed by atoms with Crippen molar-refractivity contribution in [1.82, 2.24) is 25.6 Å². The number of carbonyl (C=O) groups is 2. The Labute approximate surface area is 225 Å². The van der Waals surface area contributed by atoms with Gasteiger partial charge >= 0.3 is 6.01 Å². The molecular weight excluding hydrogens is 502 g/mol. The molecule has 12 nitrogen and oxygen atoms in total. The summed E-state index contributed by atoms with van der Waals surface area (Å²) in [6.07, 6.45) is 4.19. The maximum Gasteiger partial charge on any atom is 0.320 e. The van der Waals surface area contributed by atoms with Crippen molar-refractivity contribution < 1.29 is 24.2 Å². The van der Waals surface area contributed by atoms with Crippen LogP contribution in [-0.2, 0) is 11.3 Å². The molecule has 4 heterocycles. The van der Waals surface area contributed by atoms with Gasteiger partial charge in [0, 0.05) is 24.8 Å². The topological polar surface area (TPSA) is 160 Å². The first-order chi connectivity index (χ1) is 19.0. The largest absolute Gasteiger partial charge is 0.494 e. The highest BCUT2D eigenvalue weighted by Gasteiger charge is 2.27. The molecule has 0 saturated carbocycles. The number of aromatic hydroxyl groups is 1. The minimum absolute atomic E-state index is 0.116. The quantitative estimate of drug-likeness (QED) is 0.331. The molecule has 2 aromatic carbocycles. The number of carbonyl (C=O) groups excluding carboxylic acids is 2. The molecule has 1 saturated heterocycles. The molecule has 0 aliphatic carbocycles. The third-order valence-electron chi connectivity index (χ3n) is 6.40. The fourth-order valence-electron chi connectivity index (χ4n) is 4.32. The van der Waals surface area contributed by atoms with Crippen LogP contribution in [0.1, 0.15) is 48.0 Å². The lowest BCUT2D eigenvalue weighted by Gasteiger charge is -2.16. The van der Waals surface area contributed by atoms with Gasteiger partial charge < -0.3 is 35.8 Å². The maximum absolute atomic E-state index is 13.0. The molecule has 6 rings (SSSR count). The van der Waals surface area contributed by atoms with Gasteiger partial charge in [0.25, 0.3) is 5.91 Å². The molecular formula is C27H31N7O5. The van der Waals surface area contributed by atoms with Gasteiger partial charge in [-0.25, -0.2) is 0 Å². The van der Waals surface area contributed by atoms with E-state index < -0.39 is 18.0 Å². The van der Waals surface area contributed by atoms with E-state index in [4.69, 9.17) is 9.47 Å². The van der Waals surface area contributed by atoms with Gasteiger partial charge in [-0.05, 0) is 61.9 Å². The van der Waals surface area contributed by atoms with E-state index in [9.17, 15) is 14.7 Å². The summed E-state index contributed by atoms with van der Waals surface area (Å²) in [6, 6.07) is 11.7. The van der Waals surface area contributed by atoms with E-state index in [1.54, 1.807) is 18.2 Å². The van der Waals surface area contributed by atoms with E-state index in [-0.39, 0.29) is 17.8 Å². The molecule has 12 heteroatoms. The Morgan fingerprint density at radius 1 is 0.923 bits per heavy atom. The number of hydrogen-bond donors (Lipinski definition) is 5. The highest BCUT2D eigenvalue weighted by molar-refractivity contribution is 6.00. The fraction of sp³-hybridized carbons (Fsp3) is 0.370. The van der Waals surface area contributed by atoms with Crippen molar-refractivity contribution >= 4 is 29.4 Å². The summed E-state index contributed by atoms with van der Waals surface area (Å²) < 4.78 is 11.9. The minimum atomic E-state index is -0.572. The lowest BCUT2D eigenvalue weighted by Crippen LogP contribution is -2.40. The Balaban J connectivity index is 1.37. The fourth-order valence-corrected chi connectivity index (χ4v) is 4.32. The van der Waals surface area contributed by atoms with Crippen molar-refractivity contribution in [3.05, 3.63) is 53.6 Å². The zero-order chi connectivity index (χ0) is 27.0. The standard InChI is InChI=1S/C27H31N7O5/c35-23(31-21-11-12-28-24(21)36)20-10-7-18-15-22(20)39-14-4-2-1-3-13-38-19-8-5-17(6-9-19)16-29-25-32-26(30-18)34-27(37)33-25/h5-10,15,21H,1-4,11-14,16H2,(H,28,36)(H,31,35)(H3,29,30,32,33,34,37). The van der Waals surface area contributed by atoms with Crippen molar-refractivity contribution in [2.24, 2.45) is 0 Å². The summed E-state index contributed by atoms with van der Waals surface area (Å²) in [5.41, 5.74) is 1.86. The van der Waals surface area contributed by atoms with E-state index >= 15 is 0 Å². The SMILES string of the molecule is O=C(NC1CCNC1=O)c1ccc2cc1OCCCCCCOc1ccc(cc1)CNc1nc(O)nc(n1)N2. The van der Waals surface area contributed by atoms with Crippen molar-refractivity contribution in [2.75, 3.05) is 30.4 Å². The molecule has 1 atom stereocenters. The van der Waals surface area contributed by atoms with Crippen LogP contribution in [-0.4, -0.2) is 57.7 Å². The van der Waals surface area contributed by atoms with Gasteiger partial charge in [-0.2, -0.15) is 15.0 Å². The van der Waals surface area contributed by atoms with E-state index in [1.165, 1.54) is 0 Å². The highest BCUT2D eigenvalue weighted by Crippen LogP contribution is 2.27. The van der Waals surface area contributed by atoms with Gasteiger partial charge in [0.15, 0.2) is 0 Å². The number of aromatic nitrogens is 3. The molecule has 1 fully saturated rings. The molecule has 3 aliphatic rings. The van der Waals surface area contributed by atoms with Crippen molar-refractivity contribution in [1.29, 1.82) is 0 Å². The predicted octanol–water partition coefficient (Wildman–Crippen LogP) is 2.88. The second-order valence-corrected chi connectivity index (χ2v) is 9.33. The van der Waals surface area contributed by atoms with Crippen molar-refractivity contribution in [2.45, 2.75) is 44.7 Å². The van der Waals surface area contributed by atoms with Crippen LogP contribution in [0.3, 0.4) is 0 Å². The first-order valence-electron chi connectivity index (χ1n) is 13.1. The number of fused-ring (bicyclic) bond motifs is 10. The van der Waals surface area contributed by atoms with Crippen LogP contribution in [0.4, 0.5) is 17.6 Å². The first-order valence-corrected chi connectivity index (χ1v) is 13.1. The summed E-state index contributed by atoms with van der Waals surface area (Å²) in [4.78, 5) is 37.2. The third-order valence-corrected chi connectivity index (χ3v) is 6.40. The van der Waals surface area contributed by atoms with Crippen LogP contribution < -0.4 is 30.7 Å². The molecule has 1 aromatic heterocycles. The van der Waals surface area contributed by atoms with Gasteiger partial charge in [0.1, 0.15) is 17.5 Å². The van der Waals surface area contributed by atoms with Gasteiger partial charge in [0.05, 0.1) is 18.8 Å². The second kappa shape index (κ2) is 12.3. The number of ether oxygens (including phenoxy) is 2. The first kappa shape index (κ1) is 26.0. The number of hydrogen-bond acceptors (Lipinski definition) is 10. The third kappa shape index (κ3) is 7.03. The molecule has 5 N–H and O–H groups in total. The lowest BCUT2D eigenvalue weighted by atomic mass is 10.1. The minimum Gasteiger partial charge on any atom is -0.494 e. The second-order valence-electron chi connectivity index (χ2n) is 9.33. The summed E-state index contributed by atoms with van der Waals surface area (Å²) in [6.45, 7) is 2.00. The smallest absolute Gasteiger partial charge is 0.320 e. The van der Waals surface area contributed by atoms with Crippen LogP contribution in [0, 0.1) is 0 Å². The van der Waals surface area contributed by atoms with Gasteiger partial charge in [-0.1, -0.05) is 12.1 Å². The number of nitrogens with one attached hydrogen (secondary N) is 4. The zero-order valence-electron chi connectivity index (χ0n) is 21.4. The zero-order valence-corrected chi connectivity index (χ0v) is 21.4. The molecule has 3 aromatic rings. The van der Waals surface area contributed by atoms with E-state index in [1.807, 2.05) is 24.3 Å². The molecule has 6 bridgehead atoms. The maximum atomic E-state index is 13.0. The van der Waals surface area contributed by atoms with Crippen LogP contribution in [0.25, 0.3) is 0 Å². The summed E-state index contributed by atoms with van der Waals surface area (Å²) >= 11 is 0. The van der Waals surface area contributed by atoms with Crippen molar-refractivity contribution in [3.63, 3.8) is 0 Å². The Kier molecular flexibility index (Phi) is 8.20.